The van der Waals surface area contributed by atoms with Crippen LogP contribution in [0.1, 0.15) is 12.8 Å². The molecular formula is C7H16N2. The van der Waals surface area contributed by atoms with Gasteiger partial charge in [-0.25, -0.2) is 0 Å². The Kier molecular flexibility index (Phi) is 2.09. The number of hydrogen-bond donors (Lipinski definition) is 1. The average Bonchev–Trinajstić information content (AvgIpc) is 2.50. The second-order valence-corrected chi connectivity index (χ2v) is 3.10. The topological polar surface area (TPSA) is 29.3 Å². The fraction of sp³-hybridized carbons (Fsp3) is 1.00. The predicted molar refractivity (Wildman–Crippen MR) is 39.3 cm³/mol. The number of nitrogens with two attached hydrogens (primary N) is 1. The van der Waals surface area contributed by atoms with Crippen LogP contribution in [0.4, 0.5) is 0 Å². The van der Waals surface area contributed by atoms with Gasteiger partial charge in [0.1, 0.15) is 0 Å². The summed E-state index contributed by atoms with van der Waals surface area (Å²) in [7, 11) is 4.21. The Bertz CT molecular complexity index is 84.9. The molecule has 0 aromatic carbocycles. The van der Waals surface area contributed by atoms with E-state index in [1.807, 2.05) is 0 Å². The van der Waals surface area contributed by atoms with Gasteiger partial charge in [-0.05, 0) is 32.9 Å². The fourth-order valence-corrected chi connectivity index (χ4v) is 1.31. The van der Waals surface area contributed by atoms with Crippen LogP contribution in [0, 0.1) is 5.92 Å². The van der Waals surface area contributed by atoms with Crippen molar-refractivity contribution >= 4 is 0 Å². The van der Waals surface area contributed by atoms with Crippen LogP contribution in [0.15, 0.2) is 0 Å². The smallest absolute Gasteiger partial charge is 0.0240 e. The van der Waals surface area contributed by atoms with Crippen LogP contribution in [0.25, 0.3) is 0 Å². The Labute approximate surface area is 57.0 Å². The Balaban J connectivity index is 2.28. The van der Waals surface area contributed by atoms with Crippen LogP contribution in [-0.4, -0.2) is 31.6 Å². The van der Waals surface area contributed by atoms with Crippen LogP contribution in [0.3, 0.4) is 0 Å². The predicted octanol–water partition coefficient (Wildman–Crippen LogP) is 0.285. The monoisotopic (exact) mass is 128 g/mol. The van der Waals surface area contributed by atoms with Gasteiger partial charge in [0.2, 0.25) is 0 Å². The number of hydrogen-bond acceptors (Lipinski definition) is 2. The van der Waals surface area contributed by atoms with Crippen molar-refractivity contribution in [3.63, 3.8) is 0 Å². The van der Waals surface area contributed by atoms with Gasteiger partial charge in [-0.2, -0.15) is 0 Å². The SMILES string of the molecule is CN(C)C(CN)C1CC1. The highest BCUT2D eigenvalue weighted by atomic mass is 15.1. The lowest BCUT2D eigenvalue weighted by molar-refractivity contribution is 0.271. The van der Waals surface area contributed by atoms with E-state index in [4.69, 9.17) is 5.73 Å². The third kappa shape index (κ3) is 1.66. The van der Waals surface area contributed by atoms with Crippen LogP contribution in [0.2, 0.25) is 0 Å². The largest absolute Gasteiger partial charge is 0.329 e. The Morgan fingerprint density at radius 3 is 2.22 bits per heavy atom. The second-order valence-electron chi connectivity index (χ2n) is 3.10. The average molecular weight is 128 g/mol. The molecule has 1 atom stereocenters. The summed E-state index contributed by atoms with van der Waals surface area (Å²) in [5, 5.41) is 0. The third-order valence-corrected chi connectivity index (χ3v) is 2.07. The molecular weight excluding hydrogens is 112 g/mol. The van der Waals surface area contributed by atoms with Crippen molar-refractivity contribution in [2.75, 3.05) is 20.6 Å². The maximum absolute atomic E-state index is 5.57. The maximum atomic E-state index is 5.57. The number of likely N-dealkylation sites (N-methyl/N-ethyl adjacent to an activating group) is 1. The summed E-state index contributed by atoms with van der Waals surface area (Å²) in [6.07, 6.45) is 2.78. The summed E-state index contributed by atoms with van der Waals surface area (Å²) < 4.78 is 0. The van der Waals surface area contributed by atoms with E-state index >= 15 is 0 Å². The summed E-state index contributed by atoms with van der Waals surface area (Å²) in [5.41, 5.74) is 5.57. The van der Waals surface area contributed by atoms with Gasteiger partial charge in [0.05, 0.1) is 0 Å². The molecule has 1 aliphatic carbocycles. The molecule has 2 heteroatoms. The zero-order valence-corrected chi connectivity index (χ0v) is 6.30. The van der Waals surface area contributed by atoms with Crippen LogP contribution >= 0.6 is 0 Å². The highest BCUT2D eigenvalue weighted by molar-refractivity contribution is 4.86. The van der Waals surface area contributed by atoms with E-state index < -0.39 is 0 Å². The van der Waals surface area contributed by atoms with Crippen molar-refractivity contribution < 1.29 is 0 Å². The Morgan fingerprint density at radius 1 is 1.56 bits per heavy atom. The highest BCUT2D eigenvalue weighted by Gasteiger charge is 2.31. The van der Waals surface area contributed by atoms with E-state index in [1.165, 1.54) is 12.8 Å². The van der Waals surface area contributed by atoms with E-state index in [2.05, 4.69) is 19.0 Å². The second kappa shape index (κ2) is 2.67. The lowest BCUT2D eigenvalue weighted by Crippen LogP contribution is -2.36. The van der Waals surface area contributed by atoms with Crippen LogP contribution < -0.4 is 5.73 Å². The normalized spacial score (nSPS) is 22.7. The van der Waals surface area contributed by atoms with Crippen molar-refractivity contribution in [3.8, 4) is 0 Å². The zero-order valence-electron chi connectivity index (χ0n) is 6.30. The fourth-order valence-electron chi connectivity index (χ4n) is 1.31. The van der Waals surface area contributed by atoms with E-state index in [9.17, 15) is 0 Å². The number of rotatable bonds is 3. The molecule has 0 aromatic rings. The van der Waals surface area contributed by atoms with E-state index in [1.54, 1.807) is 0 Å². The lowest BCUT2D eigenvalue weighted by Gasteiger charge is -2.21. The standard InChI is InChI=1S/C7H16N2/c1-9(2)7(5-8)6-3-4-6/h6-7H,3-5,8H2,1-2H3. The van der Waals surface area contributed by atoms with Gasteiger partial charge < -0.3 is 10.6 Å². The molecule has 1 saturated carbocycles. The molecule has 1 aliphatic rings. The summed E-state index contributed by atoms with van der Waals surface area (Å²) in [5.74, 6) is 0.907. The lowest BCUT2D eigenvalue weighted by atomic mass is 10.2. The first-order chi connectivity index (χ1) is 4.25. The molecule has 0 spiro atoms. The Morgan fingerprint density at radius 2 is 2.11 bits per heavy atom. The van der Waals surface area contributed by atoms with Crippen molar-refractivity contribution in [2.45, 2.75) is 18.9 Å². The Hall–Kier alpha value is -0.0800. The van der Waals surface area contributed by atoms with E-state index in [0.29, 0.717) is 6.04 Å². The highest BCUT2D eigenvalue weighted by Crippen LogP contribution is 2.33. The van der Waals surface area contributed by atoms with Crippen molar-refractivity contribution in [2.24, 2.45) is 11.7 Å². The van der Waals surface area contributed by atoms with E-state index in [0.717, 1.165) is 12.5 Å². The molecule has 0 bridgehead atoms. The van der Waals surface area contributed by atoms with Gasteiger partial charge >= 0.3 is 0 Å². The first-order valence-corrected chi connectivity index (χ1v) is 3.62. The molecule has 1 rings (SSSR count). The number of nitrogens with zero attached hydrogens (tertiary/aromatic N) is 1. The summed E-state index contributed by atoms with van der Waals surface area (Å²) in [6, 6.07) is 0.644. The molecule has 9 heavy (non-hydrogen) atoms. The quantitative estimate of drug-likeness (QED) is 0.591. The van der Waals surface area contributed by atoms with Crippen molar-refractivity contribution in [1.82, 2.24) is 4.90 Å². The first-order valence-electron chi connectivity index (χ1n) is 3.62. The summed E-state index contributed by atoms with van der Waals surface area (Å²) >= 11 is 0. The minimum absolute atomic E-state index is 0.644. The molecule has 0 aliphatic heterocycles. The van der Waals surface area contributed by atoms with Crippen LogP contribution in [-0.2, 0) is 0 Å². The molecule has 0 radical (unpaired) electrons. The van der Waals surface area contributed by atoms with Gasteiger partial charge in [0, 0.05) is 12.6 Å². The molecule has 0 saturated heterocycles. The first kappa shape index (κ1) is 7.03. The maximum Gasteiger partial charge on any atom is 0.0240 e. The minimum atomic E-state index is 0.644. The zero-order chi connectivity index (χ0) is 6.85. The van der Waals surface area contributed by atoms with Gasteiger partial charge in [-0.1, -0.05) is 0 Å². The van der Waals surface area contributed by atoms with Gasteiger partial charge in [0.15, 0.2) is 0 Å². The van der Waals surface area contributed by atoms with Crippen LogP contribution in [0.5, 0.6) is 0 Å². The van der Waals surface area contributed by atoms with E-state index in [-0.39, 0.29) is 0 Å². The summed E-state index contributed by atoms with van der Waals surface area (Å²) in [6.45, 7) is 0.817. The molecule has 1 fully saturated rings. The molecule has 2 nitrogen and oxygen atoms in total. The van der Waals surface area contributed by atoms with Crippen molar-refractivity contribution in [1.29, 1.82) is 0 Å². The van der Waals surface area contributed by atoms with Gasteiger partial charge in [-0.15, -0.1) is 0 Å². The summed E-state index contributed by atoms with van der Waals surface area (Å²) in [4.78, 5) is 2.23. The molecule has 0 amide bonds. The minimum Gasteiger partial charge on any atom is -0.329 e. The molecule has 54 valence electrons. The molecule has 2 N–H and O–H groups in total. The van der Waals surface area contributed by atoms with Gasteiger partial charge in [-0.3, -0.25) is 0 Å². The molecule has 0 heterocycles. The molecule has 1 unspecified atom stereocenters. The third-order valence-electron chi connectivity index (χ3n) is 2.07. The molecule has 0 aromatic heterocycles. The van der Waals surface area contributed by atoms with Crippen molar-refractivity contribution in [3.05, 3.63) is 0 Å². The van der Waals surface area contributed by atoms with Gasteiger partial charge in [0.25, 0.3) is 0 Å².